The van der Waals surface area contributed by atoms with Crippen molar-refractivity contribution in [2.45, 2.75) is 44.2 Å². The quantitative estimate of drug-likeness (QED) is 0.641. The van der Waals surface area contributed by atoms with Crippen LogP contribution in [0.3, 0.4) is 0 Å². The molecule has 0 unspecified atom stereocenters. The molecule has 2 fully saturated rings. The maximum Gasteiger partial charge on any atom is 0.270 e. The molecule has 4 heterocycles. The minimum absolute atomic E-state index is 0.0726. The van der Waals surface area contributed by atoms with Crippen LogP contribution in [0.5, 0.6) is 0 Å². The largest absolute Gasteiger partial charge is 0.355 e. The molecule has 2 aliphatic rings. The van der Waals surface area contributed by atoms with Gasteiger partial charge in [-0.2, -0.15) is 10.2 Å². The second-order valence-corrected chi connectivity index (χ2v) is 9.14. The molecule has 0 bridgehead atoms. The molecule has 1 saturated heterocycles. The highest BCUT2D eigenvalue weighted by Crippen LogP contribution is 2.31. The summed E-state index contributed by atoms with van der Waals surface area (Å²) >= 11 is 0. The van der Waals surface area contributed by atoms with Crippen molar-refractivity contribution in [1.82, 2.24) is 24.4 Å². The van der Waals surface area contributed by atoms with Crippen LogP contribution in [0.1, 0.15) is 43.7 Å². The number of hydrogen-bond acceptors (Lipinski definition) is 8. The zero-order chi connectivity index (χ0) is 22.9. The molecule has 1 atom stereocenters. The fourth-order valence-electron chi connectivity index (χ4n) is 4.91. The molecule has 33 heavy (non-hydrogen) atoms. The summed E-state index contributed by atoms with van der Waals surface area (Å²) in [5, 5.41) is 13.3. The first-order chi connectivity index (χ1) is 16.0. The summed E-state index contributed by atoms with van der Waals surface area (Å²) < 4.78 is 1.70. The van der Waals surface area contributed by atoms with E-state index in [0.717, 1.165) is 56.7 Å². The van der Waals surface area contributed by atoms with Crippen molar-refractivity contribution in [3.8, 4) is 6.07 Å². The fourth-order valence-corrected chi connectivity index (χ4v) is 4.91. The molecule has 3 aromatic heterocycles. The molecule has 3 aromatic rings. The lowest BCUT2D eigenvalue weighted by Gasteiger charge is -2.21. The number of anilines is 3. The number of aromatic nitrogens is 4. The van der Waals surface area contributed by atoms with E-state index in [1.807, 2.05) is 18.2 Å². The third-order valence-corrected chi connectivity index (χ3v) is 6.81. The molecule has 0 aromatic carbocycles. The molecule has 5 rings (SSSR count). The minimum atomic E-state index is -0.269. The second kappa shape index (κ2) is 8.79. The predicted molar refractivity (Wildman–Crippen MR) is 128 cm³/mol. The van der Waals surface area contributed by atoms with Crippen molar-refractivity contribution in [3.05, 3.63) is 46.5 Å². The SMILES string of the molecule is CN(C)[C@H]1CCN(c2ccc(Nc3ncc4cc(C#N)c(=O)n(C5CCCC5)c4n3)cn2)C1. The van der Waals surface area contributed by atoms with E-state index in [9.17, 15) is 10.1 Å². The second-order valence-electron chi connectivity index (χ2n) is 9.14. The van der Waals surface area contributed by atoms with Gasteiger partial charge in [-0.3, -0.25) is 9.36 Å². The van der Waals surface area contributed by atoms with Crippen LogP contribution in [0.25, 0.3) is 11.0 Å². The van der Waals surface area contributed by atoms with Gasteiger partial charge >= 0.3 is 0 Å². The van der Waals surface area contributed by atoms with Gasteiger partial charge in [-0.1, -0.05) is 12.8 Å². The molecule has 1 saturated carbocycles. The molecule has 0 radical (unpaired) electrons. The summed E-state index contributed by atoms with van der Waals surface area (Å²) in [5.74, 6) is 1.37. The van der Waals surface area contributed by atoms with Crippen LogP contribution in [-0.2, 0) is 0 Å². The summed E-state index contributed by atoms with van der Waals surface area (Å²) in [5.41, 5.74) is 1.22. The maximum absolute atomic E-state index is 12.9. The monoisotopic (exact) mass is 444 g/mol. The van der Waals surface area contributed by atoms with Crippen LogP contribution in [0, 0.1) is 11.3 Å². The van der Waals surface area contributed by atoms with Crippen molar-refractivity contribution in [3.63, 3.8) is 0 Å². The molecule has 0 amide bonds. The normalized spacial score (nSPS) is 18.8. The van der Waals surface area contributed by atoms with E-state index in [0.29, 0.717) is 23.0 Å². The average Bonchev–Trinajstić information content (AvgIpc) is 3.52. The van der Waals surface area contributed by atoms with Crippen LogP contribution in [-0.4, -0.2) is 57.6 Å². The van der Waals surface area contributed by atoms with Crippen LogP contribution >= 0.6 is 0 Å². The molecule has 1 N–H and O–H groups in total. The van der Waals surface area contributed by atoms with Gasteiger partial charge < -0.3 is 15.1 Å². The van der Waals surface area contributed by atoms with Gasteiger partial charge in [-0.15, -0.1) is 0 Å². The molecular formula is C24H28N8O. The minimum Gasteiger partial charge on any atom is -0.355 e. The zero-order valence-corrected chi connectivity index (χ0v) is 19.0. The smallest absolute Gasteiger partial charge is 0.270 e. The fraction of sp³-hybridized carbons (Fsp3) is 0.458. The maximum atomic E-state index is 12.9. The Morgan fingerprint density at radius 2 is 1.97 bits per heavy atom. The molecule has 9 heteroatoms. The van der Waals surface area contributed by atoms with Gasteiger partial charge in [0.25, 0.3) is 5.56 Å². The number of nitrogens with one attached hydrogen (secondary N) is 1. The van der Waals surface area contributed by atoms with E-state index in [-0.39, 0.29) is 17.2 Å². The first-order valence-electron chi connectivity index (χ1n) is 11.5. The van der Waals surface area contributed by atoms with Crippen molar-refractivity contribution in [1.29, 1.82) is 5.26 Å². The van der Waals surface area contributed by atoms with Crippen LogP contribution < -0.4 is 15.8 Å². The highest BCUT2D eigenvalue weighted by molar-refractivity contribution is 5.77. The van der Waals surface area contributed by atoms with E-state index in [2.05, 4.69) is 44.2 Å². The first kappa shape index (κ1) is 21.3. The Kier molecular flexibility index (Phi) is 5.68. The Balaban J connectivity index is 1.41. The van der Waals surface area contributed by atoms with Crippen LogP contribution in [0.4, 0.5) is 17.5 Å². The zero-order valence-electron chi connectivity index (χ0n) is 19.0. The van der Waals surface area contributed by atoms with Gasteiger partial charge in [0, 0.05) is 36.8 Å². The van der Waals surface area contributed by atoms with E-state index in [1.165, 1.54) is 0 Å². The Hall–Kier alpha value is -3.51. The predicted octanol–water partition coefficient (Wildman–Crippen LogP) is 3.06. The summed E-state index contributed by atoms with van der Waals surface area (Å²) in [6.07, 6.45) is 8.60. The molecule has 0 spiro atoms. The summed E-state index contributed by atoms with van der Waals surface area (Å²) in [4.78, 5) is 31.2. The Morgan fingerprint density at radius 1 is 1.15 bits per heavy atom. The van der Waals surface area contributed by atoms with E-state index in [1.54, 1.807) is 23.0 Å². The Bertz CT molecular complexity index is 1250. The van der Waals surface area contributed by atoms with Gasteiger partial charge in [-0.05, 0) is 51.6 Å². The summed E-state index contributed by atoms with van der Waals surface area (Å²) in [6.45, 7) is 1.98. The van der Waals surface area contributed by atoms with Crippen LogP contribution in [0.2, 0.25) is 0 Å². The molecule has 1 aliphatic carbocycles. The van der Waals surface area contributed by atoms with Gasteiger partial charge in [0.05, 0.1) is 11.9 Å². The number of nitrogens with zero attached hydrogens (tertiary/aromatic N) is 7. The molecule has 170 valence electrons. The highest BCUT2D eigenvalue weighted by atomic mass is 16.1. The first-order valence-corrected chi connectivity index (χ1v) is 11.5. The number of hydrogen-bond donors (Lipinski definition) is 1. The highest BCUT2D eigenvalue weighted by Gasteiger charge is 2.25. The average molecular weight is 445 g/mol. The number of fused-ring (bicyclic) bond motifs is 1. The van der Waals surface area contributed by atoms with Crippen molar-refractivity contribution < 1.29 is 0 Å². The Labute approximate surface area is 192 Å². The lowest BCUT2D eigenvalue weighted by molar-refractivity contribution is 0.315. The van der Waals surface area contributed by atoms with Gasteiger partial charge in [0.2, 0.25) is 5.95 Å². The number of pyridine rings is 2. The van der Waals surface area contributed by atoms with Gasteiger partial charge in [0.1, 0.15) is 23.1 Å². The number of nitriles is 1. The van der Waals surface area contributed by atoms with E-state index in [4.69, 9.17) is 0 Å². The van der Waals surface area contributed by atoms with E-state index < -0.39 is 0 Å². The third kappa shape index (κ3) is 4.14. The van der Waals surface area contributed by atoms with Crippen molar-refractivity contribution in [2.75, 3.05) is 37.4 Å². The molecule has 1 aliphatic heterocycles. The molecule has 9 nitrogen and oxygen atoms in total. The standard InChI is InChI=1S/C24H28N8O/c1-30(2)20-9-10-31(15-20)21-8-7-18(14-26-21)28-24-27-13-17-11-16(12-25)23(33)32(22(17)29-24)19-5-3-4-6-19/h7-8,11,13-14,19-20H,3-6,9-10,15H2,1-2H3,(H,27,28,29)/t20-/m0/s1. The van der Waals surface area contributed by atoms with Crippen molar-refractivity contribution >= 4 is 28.5 Å². The summed E-state index contributed by atoms with van der Waals surface area (Å²) in [6, 6.07) is 8.21. The third-order valence-electron chi connectivity index (χ3n) is 6.81. The topological polar surface area (TPSA) is 103 Å². The van der Waals surface area contributed by atoms with Crippen molar-refractivity contribution in [2.24, 2.45) is 0 Å². The lowest BCUT2D eigenvalue weighted by atomic mass is 10.2. The number of likely N-dealkylation sites (N-methyl/N-ethyl adjacent to an activating group) is 1. The lowest BCUT2D eigenvalue weighted by Crippen LogP contribution is -2.31. The number of rotatable bonds is 5. The van der Waals surface area contributed by atoms with Gasteiger partial charge in [0.15, 0.2) is 0 Å². The van der Waals surface area contributed by atoms with Gasteiger partial charge in [-0.25, -0.2) is 9.97 Å². The van der Waals surface area contributed by atoms with E-state index >= 15 is 0 Å². The summed E-state index contributed by atoms with van der Waals surface area (Å²) in [7, 11) is 4.23. The van der Waals surface area contributed by atoms with Crippen LogP contribution in [0.15, 0.2) is 35.4 Å². The molecular weight excluding hydrogens is 416 g/mol. The Morgan fingerprint density at radius 3 is 2.64 bits per heavy atom.